The summed E-state index contributed by atoms with van der Waals surface area (Å²) < 4.78 is 10.6. The van der Waals surface area contributed by atoms with Gasteiger partial charge in [-0.2, -0.15) is 0 Å². The molecule has 20 heavy (non-hydrogen) atoms. The van der Waals surface area contributed by atoms with Crippen molar-refractivity contribution in [2.24, 2.45) is 0 Å². The molecule has 0 atom stereocenters. The highest BCUT2D eigenvalue weighted by Gasteiger charge is 2.16. The van der Waals surface area contributed by atoms with Gasteiger partial charge in [0.05, 0.1) is 0 Å². The van der Waals surface area contributed by atoms with Crippen molar-refractivity contribution < 1.29 is 14.3 Å². The highest BCUT2D eigenvalue weighted by molar-refractivity contribution is 5.89. The van der Waals surface area contributed by atoms with Crippen molar-refractivity contribution in [1.82, 2.24) is 0 Å². The Hall–Kier alpha value is -2.55. The van der Waals surface area contributed by atoms with Gasteiger partial charge >= 0.3 is 0 Å². The Morgan fingerprint density at radius 3 is 2.35 bits per heavy atom. The molecule has 0 unspecified atom stereocenters. The van der Waals surface area contributed by atoms with Crippen molar-refractivity contribution in [1.29, 1.82) is 0 Å². The molecule has 0 saturated heterocycles. The second kappa shape index (κ2) is 5.21. The molecule has 2 aromatic carbocycles. The Balaban J connectivity index is 2.04. The van der Waals surface area contributed by atoms with Gasteiger partial charge in [0.25, 0.3) is 0 Å². The lowest BCUT2D eigenvalue weighted by Gasteiger charge is -2.05. The number of rotatable bonds is 3. The first kappa shape index (κ1) is 12.5. The highest BCUT2D eigenvalue weighted by Crippen LogP contribution is 2.35. The zero-order valence-electron chi connectivity index (χ0n) is 11.1. The molecule has 1 heterocycles. The molecule has 0 spiro atoms. The minimum atomic E-state index is 0.207. The van der Waals surface area contributed by atoms with E-state index in [4.69, 9.17) is 9.47 Å². The van der Waals surface area contributed by atoms with Crippen molar-refractivity contribution in [2.75, 3.05) is 6.79 Å². The fourth-order valence-electron chi connectivity index (χ4n) is 2.22. The number of aldehydes is 1. The lowest BCUT2D eigenvalue weighted by atomic mass is 10.0. The van der Waals surface area contributed by atoms with E-state index in [2.05, 4.69) is 0 Å². The second-order valence-electron chi connectivity index (χ2n) is 4.65. The molecule has 3 rings (SSSR count). The molecule has 0 saturated carbocycles. The molecule has 2 aromatic rings. The minimum absolute atomic E-state index is 0.207. The van der Waals surface area contributed by atoms with Gasteiger partial charge in [-0.15, -0.1) is 0 Å². The third-order valence-corrected chi connectivity index (χ3v) is 3.31. The number of fused-ring (bicyclic) bond motifs is 1. The van der Waals surface area contributed by atoms with Gasteiger partial charge in [0, 0.05) is 5.56 Å². The van der Waals surface area contributed by atoms with E-state index >= 15 is 0 Å². The number of benzene rings is 2. The van der Waals surface area contributed by atoms with Crippen LogP contribution in [0.15, 0.2) is 42.5 Å². The van der Waals surface area contributed by atoms with Crippen molar-refractivity contribution in [3.63, 3.8) is 0 Å². The van der Waals surface area contributed by atoms with Crippen LogP contribution in [0, 0.1) is 0 Å². The molecule has 0 fully saturated rings. The summed E-state index contributed by atoms with van der Waals surface area (Å²) in [5.74, 6) is 1.31. The van der Waals surface area contributed by atoms with Crippen molar-refractivity contribution in [3.8, 4) is 11.5 Å². The van der Waals surface area contributed by atoms with Gasteiger partial charge in [-0.25, -0.2) is 0 Å². The molecule has 0 amide bonds. The van der Waals surface area contributed by atoms with Crippen LogP contribution in [-0.2, 0) is 0 Å². The maximum atomic E-state index is 11.2. The van der Waals surface area contributed by atoms with Gasteiger partial charge in [0.1, 0.15) is 0 Å². The summed E-state index contributed by atoms with van der Waals surface area (Å²) in [7, 11) is 0. The average molecular weight is 266 g/mol. The van der Waals surface area contributed by atoms with Crippen LogP contribution in [0.25, 0.3) is 11.6 Å². The molecular formula is C17H14O3. The van der Waals surface area contributed by atoms with E-state index in [1.54, 1.807) is 6.07 Å². The normalized spacial score (nSPS) is 13.3. The maximum Gasteiger partial charge on any atom is 0.231 e. The minimum Gasteiger partial charge on any atom is -0.454 e. The Labute approximate surface area is 117 Å². The average Bonchev–Trinajstić information content (AvgIpc) is 2.94. The molecule has 0 aromatic heterocycles. The van der Waals surface area contributed by atoms with Crippen LogP contribution in [0.4, 0.5) is 0 Å². The van der Waals surface area contributed by atoms with Gasteiger partial charge in [0.2, 0.25) is 6.79 Å². The largest absolute Gasteiger partial charge is 0.454 e. The molecule has 1 aliphatic rings. The van der Waals surface area contributed by atoms with E-state index in [-0.39, 0.29) is 6.79 Å². The van der Waals surface area contributed by atoms with E-state index < -0.39 is 0 Å². The van der Waals surface area contributed by atoms with Crippen LogP contribution in [0.5, 0.6) is 11.5 Å². The number of allylic oxidation sites excluding steroid dienone is 1. The van der Waals surface area contributed by atoms with Gasteiger partial charge in [-0.05, 0) is 35.8 Å². The van der Waals surface area contributed by atoms with E-state index in [1.807, 2.05) is 49.4 Å². The summed E-state index contributed by atoms with van der Waals surface area (Å²) in [6, 6.07) is 13.6. The predicted octanol–water partition coefficient (Wildman–Crippen LogP) is 3.79. The zero-order valence-corrected chi connectivity index (χ0v) is 11.1. The molecule has 0 N–H and O–H groups in total. The van der Waals surface area contributed by atoms with Gasteiger partial charge < -0.3 is 9.47 Å². The first-order valence-electron chi connectivity index (χ1n) is 6.40. The van der Waals surface area contributed by atoms with E-state index in [0.29, 0.717) is 17.1 Å². The Morgan fingerprint density at radius 2 is 1.70 bits per heavy atom. The number of carbonyl (C=O) groups excluding carboxylic acids is 1. The number of ether oxygens (including phenoxy) is 2. The third kappa shape index (κ3) is 2.30. The van der Waals surface area contributed by atoms with Crippen LogP contribution in [0.3, 0.4) is 0 Å². The topological polar surface area (TPSA) is 35.5 Å². The SMILES string of the molecule is C/C(=C\c1cc2c(cc1C=O)OCO2)c1ccccc1. The third-order valence-electron chi connectivity index (χ3n) is 3.31. The van der Waals surface area contributed by atoms with Crippen LogP contribution >= 0.6 is 0 Å². The second-order valence-corrected chi connectivity index (χ2v) is 4.65. The molecule has 3 heteroatoms. The van der Waals surface area contributed by atoms with Crippen LogP contribution in [0.1, 0.15) is 28.4 Å². The van der Waals surface area contributed by atoms with Crippen molar-refractivity contribution >= 4 is 17.9 Å². The lowest BCUT2D eigenvalue weighted by molar-refractivity contribution is 0.112. The molecule has 0 bridgehead atoms. The Kier molecular flexibility index (Phi) is 3.25. The van der Waals surface area contributed by atoms with Crippen LogP contribution < -0.4 is 9.47 Å². The van der Waals surface area contributed by atoms with Gasteiger partial charge in [0.15, 0.2) is 17.8 Å². The lowest BCUT2D eigenvalue weighted by Crippen LogP contribution is -1.92. The zero-order chi connectivity index (χ0) is 13.9. The first-order valence-corrected chi connectivity index (χ1v) is 6.40. The fourth-order valence-corrected chi connectivity index (χ4v) is 2.22. The molecule has 3 nitrogen and oxygen atoms in total. The van der Waals surface area contributed by atoms with Gasteiger partial charge in [-0.1, -0.05) is 36.4 Å². The predicted molar refractivity (Wildman–Crippen MR) is 77.9 cm³/mol. The monoisotopic (exact) mass is 266 g/mol. The number of hydrogen-bond donors (Lipinski definition) is 0. The number of hydrogen-bond acceptors (Lipinski definition) is 3. The molecule has 0 aliphatic carbocycles. The molecular weight excluding hydrogens is 252 g/mol. The fraction of sp³-hybridized carbons (Fsp3) is 0.118. The quantitative estimate of drug-likeness (QED) is 0.626. The first-order chi connectivity index (χ1) is 9.78. The summed E-state index contributed by atoms with van der Waals surface area (Å²) in [6.07, 6.45) is 2.83. The van der Waals surface area contributed by atoms with E-state index in [1.165, 1.54) is 0 Å². The summed E-state index contributed by atoms with van der Waals surface area (Å²) in [4.78, 5) is 11.2. The Bertz CT molecular complexity index is 672. The molecule has 0 radical (unpaired) electrons. The molecule has 1 aliphatic heterocycles. The Morgan fingerprint density at radius 1 is 1.05 bits per heavy atom. The van der Waals surface area contributed by atoms with Crippen LogP contribution in [0.2, 0.25) is 0 Å². The summed E-state index contributed by atoms with van der Waals surface area (Å²) in [5, 5.41) is 0. The summed E-state index contributed by atoms with van der Waals surface area (Å²) in [6.45, 7) is 2.23. The van der Waals surface area contributed by atoms with Crippen molar-refractivity contribution in [3.05, 3.63) is 59.2 Å². The van der Waals surface area contributed by atoms with Crippen LogP contribution in [-0.4, -0.2) is 13.1 Å². The summed E-state index contributed by atoms with van der Waals surface area (Å²) in [5.41, 5.74) is 3.66. The van der Waals surface area contributed by atoms with Gasteiger partial charge in [-0.3, -0.25) is 4.79 Å². The molecule has 100 valence electrons. The maximum absolute atomic E-state index is 11.2. The smallest absolute Gasteiger partial charge is 0.231 e. The summed E-state index contributed by atoms with van der Waals surface area (Å²) >= 11 is 0. The van der Waals surface area contributed by atoms with E-state index in [0.717, 1.165) is 23.0 Å². The highest BCUT2D eigenvalue weighted by atomic mass is 16.7. The van der Waals surface area contributed by atoms with Crippen molar-refractivity contribution in [2.45, 2.75) is 6.92 Å². The number of carbonyl (C=O) groups is 1. The van der Waals surface area contributed by atoms with E-state index in [9.17, 15) is 4.79 Å². The standard InChI is InChI=1S/C17H14O3/c1-12(13-5-3-2-4-6-13)7-14-8-16-17(20-11-19-16)9-15(14)10-18/h2-10H,11H2,1H3/b12-7+.